The summed E-state index contributed by atoms with van der Waals surface area (Å²) in [6.45, 7) is 9.31. The number of pyridine rings is 1. The Morgan fingerprint density at radius 1 is 0.757 bits per heavy atom. The first-order chi connectivity index (χ1) is 17.9. The topological polar surface area (TPSA) is 77.6 Å². The SMILES string of the molecule is CC(=O)NCc1ccc(CCl)cc1.CC(=O)NCc1ccc(CN2CCN(c3ccccn3)CC2)cc1. The van der Waals surface area contributed by atoms with Gasteiger partial charge in [0.05, 0.1) is 0 Å². The number of benzene rings is 2. The first-order valence-electron chi connectivity index (χ1n) is 12.5. The Bertz CT molecular complexity index is 1100. The zero-order valence-corrected chi connectivity index (χ0v) is 22.4. The molecule has 0 unspecified atom stereocenters. The second-order valence-corrected chi connectivity index (χ2v) is 9.30. The Labute approximate surface area is 224 Å². The molecule has 0 bridgehead atoms. The Kier molecular flexibility index (Phi) is 11.4. The molecule has 7 nitrogen and oxygen atoms in total. The number of hydrogen-bond acceptors (Lipinski definition) is 5. The molecule has 2 N–H and O–H groups in total. The van der Waals surface area contributed by atoms with Gasteiger partial charge in [-0.15, -0.1) is 11.6 Å². The first kappa shape index (κ1) is 28.2. The molecule has 1 aliphatic rings. The van der Waals surface area contributed by atoms with E-state index in [9.17, 15) is 9.59 Å². The van der Waals surface area contributed by atoms with Crippen LogP contribution in [0.2, 0.25) is 0 Å². The number of rotatable bonds is 8. The molecule has 0 radical (unpaired) electrons. The lowest BCUT2D eigenvalue weighted by molar-refractivity contribution is -0.120. The molecular weight excluding hydrogens is 486 g/mol. The van der Waals surface area contributed by atoms with E-state index in [4.69, 9.17) is 11.6 Å². The van der Waals surface area contributed by atoms with E-state index in [1.54, 1.807) is 6.92 Å². The molecule has 2 amide bonds. The number of anilines is 1. The van der Waals surface area contributed by atoms with Gasteiger partial charge in [0.15, 0.2) is 0 Å². The molecule has 0 atom stereocenters. The number of piperazine rings is 1. The number of nitrogens with one attached hydrogen (secondary N) is 2. The van der Waals surface area contributed by atoms with Crippen molar-refractivity contribution in [3.63, 3.8) is 0 Å². The van der Waals surface area contributed by atoms with Gasteiger partial charge in [0.2, 0.25) is 11.8 Å². The Morgan fingerprint density at radius 2 is 1.27 bits per heavy atom. The van der Waals surface area contributed by atoms with Crippen molar-refractivity contribution in [2.45, 2.75) is 39.4 Å². The molecule has 1 aromatic heterocycles. The van der Waals surface area contributed by atoms with E-state index < -0.39 is 0 Å². The van der Waals surface area contributed by atoms with Crippen molar-refractivity contribution in [2.75, 3.05) is 31.1 Å². The number of carbonyl (C=O) groups excluding carboxylic acids is 2. The second kappa shape index (κ2) is 15.0. The van der Waals surface area contributed by atoms with Gasteiger partial charge in [-0.3, -0.25) is 14.5 Å². The zero-order chi connectivity index (χ0) is 26.5. The molecule has 3 aromatic rings. The van der Waals surface area contributed by atoms with Crippen LogP contribution in [0.15, 0.2) is 72.9 Å². The molecule has 0 aliphatic carbocycles. The van der Waals surface area contributed by atoms with Crippen LogP contribution >= 0.6 is 11.6 Å². The second-order valence-electron chi connectivity index (χ2n) is 9.04. The number of alkyl halides is 1. The summed E-state index contributed by atoms with van der Waals surface area (Å²) in [6.07, 6.45) is 1.85. The maximum Gasteiger partial charge on any atom is 0.217 e. The third kappa shape index (κ3) is 10.2. The predicted molar refractivity (Wildman–Crippen MR) is 149 cm³/mol. The van der Waals surface area contributed by atoms with Crippen LogP contribution in [0.25, 0.3) is 0 Å². The molecule has 2 heterocycles. The summed E-state index contributed by atoms with van der Waals surface area (Å²) < 4.78 is 0. The summed E-state index contributed by atoms with van der Waals surface area (Å²) in [5.41, 5.74) is 4.62. The van der Waals surface area contributed by atoms with Gasteiger partial charge >= 0.3 is 0 Å². The summed E-state index contributed by atoms with van der Waals surface area (Å²) in [5, 5.41) is 5.55. The molecule has 37 heavy (non-hydrogen) atoms. The molecule has 8 heteroatoms. The summed E-state index contributed by atoms with van der Waals surface area (Å²) in [7, 11) is 0. The Hall–Kier alpha value is -3.42. The van der Waals surface area contributed by atoms with Gasteiger partial charge in [-0.05, 0) is 34.4 Å². The number of halogens is 1. The van der Waals surface area contributed by atoms with Crippen molar-refractivity contribution in [1.82, 2.24) is 20.5 Å². The van der Waals surface area contributed by atoms with E-state index >= 15 is 0 Å². The molecule has 1 fully saturated rings. The lowest BCUT2D eigenvalue weighted by atomic mass is 10.1. The summed E-state index contributed by atoms with van der Waals surface area (Å²) in [4.78, 5) is 30.8. The normalized spacial score (nSPS) is 13.3. The minimum atomic E-state index is -0.0126. The summed E-state index contributed by atoms with van der Waals surface area (Å²) in [6, 6.07) is 22.4. The van der Waals surface area contributed by atoms with Crippen LogP contribution in [0.4, 0.5) is 5.82 Å². The largest absolute Gasteiger partial charge is 0.354 e. The third-order valence-electron chi connectivity index (χ3n) is 6.03. The van der Waals surface area contributed by atoms with E-state index in [2.05, 4.69) is 55.7 Å². The molecule has 1 saturated heterocycles. The van der Waals surface area contributed by atoms with Gasteiger partial charge < -0.3 is 15.5 Å². The van der Waals surface area contributed by atoms with Gasteiger partial charge in [-0.2, -0.15) is 0 Å². The van der Waals surface area contributed by atoms with E-state index in [1.807, 2.05) is 42.6 Å². The molecule has 1 aliphatic heterocycles. The lowest BCUT2D eigenvalue weighted by Gasteiger charge is -2.35. The number of carbonyl (C=O) groups is 2. The van der Waals surface area contributed by atoms with Crippen molar-refractivity contribution in [3.05, 3.63) is 95.2 Å². The summed E-state index contributed by atoms with van der Waals surface area (Å²) in [5.74, 6) is 1.59. The molecular formula is C29H36ClN5O2. The highest BCUT2D eigenvalue weighted by Crippen LogP contribution is 2.15. The number of aromatic nitrogens is 1. The molecule has 4 rings (SSSR count). The number of amides is 2. The van der Waals surface area contributed by atoms with Gasteiger partial charge in [0, 0.05) is 71.7 Å². The number of nitrogens with zero attached hydrogens (tertiary/aromatic N) is 3. The van der Waals surface area contributed by atoms with Crippen LogP contribution in [0.5, 0.6) is 0 Å². The fraction of sp³-hybridized carbons (Fsp3) is 0.345. The van der Waals surface area contributed by atoms with Crippen LogP contribution in [0, 0.1) is 0 Å². The van der Waals surface area contributed by atoms with Crippen LogP contribution < -0.4 is 15.5 Å². The highest BCUT2D eigenvalue weighted by atomic mass is 35.5. The predicted octanol–water partition coefficient (Wildman–Crippen LogP) is 4.10. The monoisotopic (exact) mass is 521 g/mol. The van der Waals surface area contributed by atoms with Crippen molar-refractivity contribution in [3.8, 4) is 0 Å². The van der Waals surface area contributed by atoms with Crippen molar-refractivity contribution >= 4 is 29.2 Å². The maximum atomic E-state index is 10.9. The highest BCUT2D eigenvalue weighted by molar-refractivity contribution is 6.17. The fourth-order valence-electron chi connectivity index (χ4n) is 3.90. The Balaban J connectivity index is 0.000000248. The van der Waals surface area contributed by atoms with E-state index in [0.717, 1.165) is 55.2 Å². The van der Waals surface area contributed by atoms with Gasteiger partial charge in [-0.25, -0.2) is 4.98 Å². The minimum absolute atomic E-state index is 0.00449. The van der Waals surface area contributed by atoms with Crippen LogP contribution in [-0.4, -0.2) is 47.9 Å². The van der Waals surface area contributed by atoms with Crippen molar-refractivity contribution in [2.24, 2.45) is 0 Å². The minimum Gasteiger partial charge on any atom is -0.354 e. The van der Waals surface area contributed by atoms with Crippen LogP contribution in [-0.2, 0) is 35.1 Å². The Morgan fingerprint density at radius 3 is 1.73 bits per heavy atom. The summed E-state index contributed by atoms with van der Waals surface area (Å²) >= 11 is 5.64. The average molecular weight is 522 g/mol. The van der Waals surface area contributed by atoms with E-state index in [-0.39, 0.29) is 11.8 Å². The molecule has 0 saturated carbocycles. The van der Waals surface area contributed by atoms with E-state index in [1.165, 1.54) is 12.5 Å². The molecule has 196 valence electrons. The van der Waals surface area contributed by atoms with Gasteiger partial charge in [-0.1, -0.05) is 54.6 Å². The van der Waals surface area contributed by atoms with Crippen molar-refractivity contribution < 1.29 is 9.59 Å². The average Bonchev–Trinajstić information content (AvgIpc) is 2.93. The standard InChI is InChI=1S/C19H24N4O.C10H12ClNO/c1-16(24)21-14-17-5-7-18(8-6-17)15-22-10-12-23(13-11-22)19-4-2-3-9-20-19;1-8(13)12-7-10-4-2-9(6-11)3-5-10/h2-9H,10-15H2,1H3,(H,21,24);2-5H,6-7H2,1H3,(H,12,13). The highest BCUT2D eigenvalue weighted by Gasteiger charge is 2.17. The van der Waals surface area contributed by atoms with Crippen molar-refractivity contribution in [1.29, 1.82) is 0 Å². The molecule has 0 spiro atoms. The maximum absolute atomic E-state index is 10.9. The first-order valence-corrected chi connectivity index (χ1v) is 13.0. The smallest absolute Gasteiger partial charge is 0.217 e. The quantitative estimate of drug-likeness (QED) is 0.436. The van der Waals surface area contributed by atoms with Gasteiger partial charge in [0.25, 0.3) is 0 Å². The van der Waals surface area contributed by atoms with Gasteiger partial charge in [0.1, 0.15) is 5.82 Å². The lowest BCUT2D eigenvalue weighted by Crippen LogP contribution is -2.46. The van der Waals surface area contributed by atoms with E-state index in [0.29, 0.717) is 19.0 Å². The van der Waals surface area contributed by atoms with Crippen LogP contribution in [0.3, 0.4) is 0 Å². The third-order valence-corrected chi connectivity index (χ3v) is 6.34. The number of hydrogen-bond donors (Lipinski definition) is 2. The zero-order valence-electron chi connectivity index (χ0n) is 21.6. The molecule has 2 aromatic carbocycles. The van der Waals surface area contributed by atoms with Crippen LogP contribution in [0.1, 0.15) is 36.1 Å². The fourth-order valence-corrected chi connectivity index (χ4v) is 4.07.